The van der Waals surface area contributed by atoms with E-state index in [1.54, 1.807) is 6.07 Å². The van der Waals surface area contributed by atoms with Crippen LogP contribution in [0.3, 0.4) is 0 Å². The maximum absolute atomic E-state index is 14.4. The van der Waals surface area contributed by atoms with E-state index < -0.39 is 0 Å². The van der Waals surface area contributed by atoms with Crippen molar-refractivity contribution in [3.05, 3.63) is 34.1 Å². The van der Waals surface area contributed by atoms with E-state index in [1.165, 1.54) is 0 Å². The van der Waals surface area contributed by atoms with Gasteiger partial charge in [-0.3, -0.25) is 4.90 Å². The number of nitrogens with zero attached hydrogens (tertiary/aromatic N) is 1. The van der Waals surface area contributed by atoms with Gasteiger partial charge < -0.3 is 5.32 Å². The third-order valence-corrected chi connectivity index (χ3v) is 4.24. The SMILES string of the molecule is CC(C)C[C@H](c1cccc(Br)c1F)N1CCNCC1. The molecule has 0 spiro atoms. The van der Waals surface area contributed by atoms with Crippen LogP contribution in [0.4, 0.5) is 4.39 Å². The van der Waals surface area contributed by atoms with Gasteiger partial charge in [-0.25, -0.2) is 4.39 Å². The molecule has 0 amide bonds. The lowest BCUT2D eigenvalue weighted by Crippen LogP contribution is -2.45. The van der Waals surface area contributed by atoms with E-state index in [1.807, 2.05) is 12.1 Å². The topological polar surface area (TPSA) is 15.3 Å². The zero-order valence-electron chi connectivity index (χ0n) is 11.6. The summed E-state index contributed by atoms with van der Waals surface area (Å²) < 4.78 is 14.9. The number of rotatable bonds is 4. The molecule has 2 rings (SSSR count). The van der Waals surface area contributed by atoms with Gasteiger partial charge in [0, 0.05) is 37.8 Å². The molecule has 0 bridgehead atoms. The Morgan fingerprint density at radius 3 is 2.63 bits per heavy atom. The Hall–Kier alpha value is -0.450. The average Bonchev–Trinajstić information content (AvgIpc) is 2.40. The van der Waals surface area contributed by atoms with Gasteiger partial charge in [-0.2, -0.15) is 0 Å². The number of piperazine rings is 1. The van der Waals surface area contributed by atoms with E-state index >= 15 is 0 Å². The van der Waals surface area contributed by atoms with Crippen molar-refractivity contribution in [2.24, 2.45) is 5.92 Å². The summed E-state index contributed by atoms with van der Waals surface area (Å²) >= 11 is 3.30. The van der Waals surface area contributed by atoms with Gasteiger partial charge in [0.05, 0.1) is 4.47 Å². The van der Waals surface area contributed by atoms with E-state index in [0.29, 0.717) is 10.4 Å². The minimum Gasteiger partial charge on any atom is -0.314 e. The highest BCUT2D eigenvalue weighted by Gasteiger charge is 2.25. The van der Waals surface area contributed by atoms with Gasteiger partial charge >= 0.3 is 0 Å². The lowest BCUT2D eigenvalue weighted by molar-refractivity contribution is 0.151. The molecule has 1 aromatic carbocycles. The lowest BCUT2D eigenvalue weighted by atomic mass is 9.94. The smallest absolute Gasteiger partial charge is 0.142 e. The Morgan fingerprint density at radius 1 is 1.32 bits per heavy atom. The van der Waals surface area contributed by atoms with E-state index in [-0.39, 0.29) is 11.9 Å². The van der Waals surface area contributed by atoms with Crippen molar-refractivity contribution < 1.29 is 4.39 Å². The summed E-state index contributed by atoms with van der Waals surface area (Å²) in [6.45, 7) is 8.36. The number of nitrogens with one attached hydrogen (secondary N) is 1. The van der Waals surface area contributed by atoms with Gasteiger partial charge in [0.25, 0.3) is 0 Å². The summed E-state index contributed by atoms with van der Waals surface area (Å²) in [4.78, 5) is 2.40. The number of hydrogen-bond acceptors (Lipinski definition) is 2. The van der Waals surface area contributed by atoms with Crippen molar-refractivity contribution in [3.63, 3.8) is 0 Å². The molecule has 0 aromatic heterocycles. The summed E-state index contributed by atoms with van der Waals surface area (Å²) in [5, 5.41) is 3.36. The first-order valence-electron chi connectivity index (χ1n) is 6.98. The van der Waals surface area contributed by atoms with Crippen LogP contribution in [0.2, 0.25) is 0 Å². The highest BCUT2D eigenvalue weighted by Crippen LogP contribution is 2.32. The molecule has 0 unspecified atom stereocenters. The minimum absolute atomic E-state index is 0.105. The van der Waals surface area contributed by atoms with Crippen molar-refractivity contribution in [3.8, 4) is 0 Å². The van der Waals surface area contributed by atoms with Crippen LogP contribution in [-0.4, -0.2) is 31.1 Å². The molecule has 1 aliphatic heterocycles. The van der Waals surface area contributed by atoms with Crippen LogP contribution in [0.1, 0.15) is 31.9 Å². The first-order valence-corrected chi connectivity index (χ1v) is 7.77. The molecule has 1 saturated heterocycles. The molecule has 0 aliphatic carbocycles. The standard InChI is InChI=1S/C15H22BrFN2/c1-11(2)10-14(19-8-6-18-7-9-19)12-4-3-5-13(16)15(12)17/h3-5,11,14,18H,6-10H2,1-2H3/t14-/m1/s1. The summed E-state index contributed by atoms with van der Waals surface area (Å²) in [6, 6.07) is 5.80. The number of benzene rings is 1. The monoisotopic (exact) mass is 328 g/mol. The quantitative estimate of drug-likeness (QED) is 0.908. The molecule has 0 saturated carbocycles. The average molecular weight is 329 g/mol. The summed E-state index contributed by atoms with van der Waals surface area (Å²) in [5.74, 6) is 0.449. The highest BCUT2D eigenvalue weighted by molar-refractivity contribution is 9.10. The van der Waals surface area contributed by atoms with E-state index in [0.717, 1.165) is 38.2 Å². The molecule has 1 heterocycles. The van der Waals surface area contributed by atoms with Gasteiger partial charge in [0.1, 0.15) is 5.82 Å². The van der Waals surface area contributed by atoms with Gasteiger partial charge in [-0.05, 0) is 34.3 Å². The predicted octanol–water partition coefficient (Wildman–Crippen LogP) is 3.58. The van der Waals surface area contributed by atoms with E-state index in [2.05, 4.69) is 40.0 Å². The summed E-state index contributed by atoms with van der Waals surface area (Å²) in [6.07, 6.45) is 0.993. The van der Waals surface area contributed by atoms with Gasteiger partial charge in [0.15, 0.2) is 0 Å². The molecular weight excluding hydrogens is 307 g/mol. The fourth-order valence-corrected chi connectivity index (χ4v) is 3.07. The third kappa shape index (κ3) is 3.77. The fraction of sp³-hybridized carbons (Fsp3) is 0.600. The van der Waals surface area contributed by atoms with Crippen LogP contribution in [0.15, 0.2) is 22.7 Å². The molecule has 2 nitrogen and oxygen atoms in total. The van der Waals surface area contributed by atoms with Crippen LogP contribution in [0, 0.1) is 11.7 Å². The Labute approximate surface area is 123 Å². The third-order valence-electron chi connectivity index (χ3n) is 3.63. The molecular formula is C15H22BrFN2. The first-order chi connectivity index (χ1) is 9.09. The van der Waals surface area contributed by atoms with Gasteiger partial charge in [-0.1, -0.05) is 26.0 Å². The Morgan fingerprint density at radius 2 is 2.00 bits per heavy atom. The second kappa shape index (κ2) is 6.82. The molecule has 1 aliphatic rings. The summed E-state index contributed by atoms with van der Waals surface area (Å²) in [5.41, 5.74) is 0.824. The number of hydrogen-bond donors (Lipinski definition) is 1. The maximum atomic E-state index is 14.4. The predicted molar refractivity (Wildman–Crippen MR) is 80.7 cm³/mol. The molecule has 1 aromatic rings. The molecule has 4 heteroatoms. The lowest BCUT2D eigenvalue weighted by Gasteiger charge is -2.36. The van der Waals surface area contributed by atoms with Crippen molar-refractivity contribution >= 4 is 15.9 Å². The number of halogens is 2. The second-order valence-electron chi connectivity index (χ2n) is 5.57. The van der Waals surface area contributed by atoms with Gasteiger partial charge in [-0.15, -0.1) is 0 Å². The van der Waals surface area contributed by atoms with Crippen LogP contribution >= 0.6 is 15.9 Å². The molecule has 1 N–H and O–H groups in total. The van der Waals surface area contributed by atoms with Gasteiger partial charge in [0.2, 0.25) is 0 Å². The molecule has 0 radical (unpaired) electrons. The van der Waals surface area contributed by atoms with Crippen LogP contribution in [-0.2, 0) is 0 Å². The highest BCUT2D eigenvalue weighted by atomic mass is 79.9. The van der Waals surface area contributed by atoms with Crippen LogP contribution < -0.4 is 5.32 Å². The van der Waals surface area contributed by atoms with E-state index in [9.17, 15) is 4.39 Å². The zero-order chi connectivity index (χ0) is 13.8. The van der Waals surface area contributed by atoms with Crippen molar-refractivity contribution in [2.75, 3.05) is 26.2 Å². The molecule has 1 fully saturated rings. The van der Waals surface area contributed by atoms with Crippen molar-refractivity contribution in [1.82, 2.24) is 10.2 Å². The normalized spacial score (nSPS) is 18.8. The Kier molecular flexibility index (Phi) is 5.37. The maximum Gasteiger partial charge on any atom is 0.142 e. The van der Waals surface area contributed by atoms with Crippen LogP contribution in [0.5, 0.6) is 0 Å². The van der Waals surface area contributed by atoms with Crippen molar-refractivity contribution in [1.29, 1.82) is 0 Å². The Balaban J connectivity index is 2.27. The zero-order valence-corrected chi connectivity index (χ0v) is 13.2. The molecule has 1 atom stereocenters. The largest absolute Gasteiger partial charge is 0.314 e. The van der Waals surface area contributed by atoms with Crippen LogP contribution in [0.25, 0.3) is 0 Å². The van der Waals surface area contributed by atoms with E-state index in [4.69, 9.17) is 0 Å². The first kappa shape index (κ1) is 14.9. The minimum atomic E-state index is -0.105. The summed E-state index contributed by atoms with van der Waals surface area (Å²) in [7, 11) is 0. The molecule has 19 heavy (non-hydrogen) atoms. The van der Waals surface area contributed by atoms with Crippen molar-refractivity contribution in [2.45, 2.75) is 26.3 Å². The second-order valence-corrected chi connectivity index (χ2v) is 6.43. The Bertz CT molecular complexity index is 417. The molecule has 106 valence electrons. The fourth-order valence-electron chi connectivity index (χ4n) is 2.69.